The lowest BCUT2D eigenvalue weighted by Crippen LogP contribution is -2.25. The van der Waals surface area contributed by atoms with E-state index in [4.69, 9.17) is 33.0 Å². The number of aromatic nitrogens is 3. The van der Waals surface area contributed by atoms with Gasteiger partial charge in [0.05, 0.1) is 22.6 Å². The topological polar surface area (TPSA) is 86.1 Å². The van der Waals surface area contributed by atoms with Crippen LogP contribution in [0.4, 0.5) is 0 Å². The number of nitrogens with zero attached hydrogens (tertiary/aromatic N) is 3. The molecule has 0 aliphatic carbocycles. The summed E-state index contributed by atoms with van der Waals surface area (Å²) in [6, 6.07) is 14.6. The second-order valence-electron chi connectivity index (χ2n) is 7.80. The van der Waals surface area contributed by atoms with Crippen molar-refractivity contribution in [3.8, 4) is 22.7 Å². The first-order valence-electron chi connectivity index (χ1n) is 11.0. The van der Waals surface area contributed by atoms with Crippen LogP contribution in [0.1, 0.15) is 35.5 Å². The molecule has 0 saturated carbocycles. The summed E-state index contributed by atoms with van der Waals surface area (Å²) < 4.78 is 7.80. The van der Waals surface area contributed by atoms with E-state index in [1.54, 1.807) is 35.1 Å². The number of ether oxygens (including phenoxy) is 1. The molecule has 184 valence electrons. The Morgan fingerprint density at radius 2 is 1.86 bits per heavy atom. The Morgan fingerprint density at radius 1 is 1.11 bits per heavy atom. The lowest BCUT2D eigenvalue weighted by molar-refractivity contribution is -0.131. The summed E-state index contributed by atoms with van der Waals surface area (Å²) in [6.07, 6.45) is 3.55. The molecule has 2 aromatic heterocycles. The maximum absolute atomic E-state index is 13.4. The number of benzene rings is 2. The molecule has 0 bridgehead atoms. The summed E-state index contributed by atoms with van der Waals surface area (Å²) in [6.45, 7) is 3.39. The third-order valence-corrected chi connectivity index (χ3v) is 6.44. The van der Waals surface area contributed by atoms with Crippen molar-refractivity contribution in [1.82, 2.24) is 20.1 Å². The molecule has 4 rings (SSSR count). The van der Waals surface area contributed by atoms with Crippen molar-refractivity contribution in [2.24, 2.45) is 0 Å². The third-order valence-electron chi connectivity index (χ3n) is 5.37. The zero-order chi connectivity index (χ0) is 25.8. The van der Waals surface area contributed by atoms with E-state index >= 15 is 0 Å². The van der Waals surface area contributed by atoms with Gasteiger partial charge in [-0.25, -0.2) is 4.68 Å². The van der Waals surface area contributed by atoms with Gasteiger partial charge in [-0.05, 0) is 42.8 Å². The molecule has 0 aliphatic rings. The summed E-state index contributed by atoms with van der Waals surface area (Å²) in [4.78, 5) is 28.8. The van der Waals surface area contributed by atoms with Gasteiger partial charge in [0, 0.05) is 45.9 Å². The fourth-order valence-electron chi connectivity index (χ4n) is 3.76. The minimum Gasteiger partial charge on any atom is -0.425 e. The number of carbonyl (C=O) groups is 2. The minimum atomic E-state index is -0.471. The van der Waals surface area contributed by atoms with Crippen LogP contribution in [0, 0.1) is 0 Å². The lowest BCUT2D eigenvalue weighted by Gasteiger charge is -2.11. The molecule has 0 radical (unpaired) electrons. The molecule has 1 N–H and O–H groups in total. The van der Waals surface area contributed by atoms with E-state index < -0.39 is 5.97 Å². The molecular formula is C26H21BrCl2N4O3. The minimum absolute atomic E-state index is 0.120. The number of nitrogens with one attached hydrogen (secondary N) is 1. The van der Waals surface area contributed by atoms with E-state index in [0.717, 1.165) is 21.3 Å². The number of hydrogen-bond acceptors (Lipinski definition) is 5. The highest BCUT2D eigenvalue weighted by molar-refractivity contribution is 9.10. The molecule has 10 heteroatoms. The summed E-state index contributed by atoms with van der Waals surface area (Å²) in [5.41, 5.74) is 3.86. The number of pyridine rings is 1. The average Bonchev–Trinajstić information content (AvgIpc) is 3.23. The Hall–Kier alpha value is -3.20. The van der Waals surface area contributed by atoms with Crippen LogP contribution < -0.4 is 10.1 Å². The van der Waals surface area contributed by atoms with E-state index in [2.05, 4.69) is 26.2 Å². The van der Waals surface area contributed by atoms with Crippen LogP contribution in [0.3, 0.4) is 0 Å². The highest BCUT2D eigenvalue weighted by atomic mass is 79.9. The van der Waals surface area contributed by atoms with Crippen LogP contribution in [0.2, 0.25) is 10.0 Å². The molecule has 2 aromatic carbocycles. The van der Waals surface area contributed by atoms with E-state index in [-0.39, 0.29) is 23.9 Å². The van der Waals surface area contributed by atoms with Gasteiger partial charge in [0.25, 0.3) is 5.91 Å². The van der Waals surface area contributed by atoms with Gasteiger partial charge in [-0.15, -0.1) is 0 Å². The largest absolute Gasteiger partial charge is 0.425 e. The van der Waals surface area contributed by atoms with Gasteiger partial charge in [0.1, 0.15) is 0 Å². The molecule has 4 aromatic rings. The molecule has 0 atom stereocenters. The fourth-order valence-corrected chi connectivity index (χ4v) is 4.51. The number of rotatable bonds is 7. The molecule has 0 fully saturated rings. The molecule has 0 unspecified atom stereocenters. The van der Waals surface area contributed by atoms with Crippen molar-refractivity contribution in [2.75, 3.05) is 0 Å². The van der Waals surface area contributed by atoms with Crippen molar-refractivity contribution in [1.29, 1.82) is 0 Å². The Balaban J connectivity index is 1.76. The van der Waals surface area contributed by atoms with Crippen LogP contribution >= 0.6 is 39.1 Å². The third kappa shape index (κ3) is 5.61. The van der Waals surface area contributed by atoms with Gasteiger partial charge < -0.3 is 10.1 Å². The molecule has 0 spiro atoms. The number of halogens is 3. The van der Waals surface area contributed by atoms with Crippen LogP contribution in [-0.4, -0.2) is 26.6 Å². The molecule has 36 heavy (non-hydrogen) atoms. The second-order valence-corrected chi connectivity index (χ2v) is 9.56. The smallest absolute Gasteiger partial charge is 0.308 e. The van der Waals surface area contributed by atoms with Gasteiger partial charge >= 0.3 is 5.97 Å². The van der Waals surface area contributed by atoms with Crippen molar-refractivity contribution >= 4 is 51.0 Å². The standard InChI is InChI=1S/C26H21BrCl2N4O3/c1-3-20-24(26(35)31-13-17-10-11-30-14-23(17)36-15(2)34)32-33(22-9-8-19(28)12-21(22)29)25(20)16-4-6-18(27)7-5-16/h4-12,14H,3,13H2,1-2H3,(H,31,35). The second kappa shape index (κ2) is 11.2. The molecule has 1 amide bonds. The van der Waals surface area contributed by atoms with Crippen LogP contribution in [-0.2, 0) is 17.8 Å². The monoisotopic (exact) mass is 586 g/mol. The normalized spacial score (nSPS) is 10.8. The maximum Gasteiger partial charge on any atom is 0.308 e. The SMILES string of the molecule is CCc1c(C(=O)NCc2ccncc2OC(C)=O)nn(-c2ccc(Cl)cc2Cl)c1-c1ccc(Br)cc1. The first kappa shape index (κ1) is 25.9. The van der Waals surface area contributed by atoms with Crippen LogP contribution in [0.25, 0.3) is 16.9 Å². The van der Waals surface area contributed by atoms with Crippen molar-refractivity contribution in [3.05, 3.63) is 92.3 Å². The van der Waals surface area contributed by atoms with E-state index in [9.17, 15) is 9.59 Å². The Kier molecular flexibility index (Phi) is 8.08. The van der Waals surface area contributed by atoms with E-state index in [1.807, 2.05) is 31.2 Å². The number of esters is 1. The quantitative estimate of drug-likeness (QED) is 0.252. The summed E-state index contributed by atoms with van der Waals surface area (Å²) in [5, 5.41) is 8.48. The Morgan fingerprint density at radius 3 is 2.53 bits per heavy atom. The predicted octanol–water partition coefficient (Wildman–Crippen LogP) is 6.42. The summed E-state index contributed by atoms with van der Waals surface area (Å²) in [7, 11) is 0. The summed E-state index contributed by atoms with van der Waals surface area (Å²) in [5.74, 6) is -0.559. The average molecular weight is 588 g/mol. The van der Waals surface area contributed by atoms with E-state index in [1.165, 1.54) is 13.1 Å². The van der Waals surface area contributed by atoms with Gasteiger partial charge in [-0.2, -0.15) is 5.10 Å². The number of carbonyl (C=O) groups excluding carboxylic acids is 2. The first-order valence-corrected chi connectivity index (χ1v) is 12.6. The zero-order valence-electron chi connectivity index (χ0n) is 19.4. The highest BCUT2D eigenvalue weighted by Gasteiger charge is 2.25. The maximum atomic E-state index is 13.4. The molecular weight excluding hydrogens is 567 g/mol. The zero-order valence-corrected chi connectivity index (χ0v) is 22.5. The van der Waals surface area contributed by atoms with E-state index in [0.29, 0.717) is 27.7 Å². The van der Waals surface area contributed by atoms with Gasteiger partial charge in [0.15, 0.2) is 11.4 Å². The first-order chi connectivity index (χ1) is 17.3. The molecule has 7 nitrogen and oxygen atoms in total. The Bertz CT molecular complexity index is 1440. The number of amides is 1. The van der Waals surface area contributed by atoms with Crippen LogP contribution in [0.5, 0.6) is 5.75 Å². The van der Waals surface area contributed by atoms with Crippen molar-refractivity contribution < 1.29 is 14.3 Å². The van der Waals surface area contributed by atoms with Gasteiger partial charge in [0.2, 0.25) is 0 Å². The highest BCUT2D eigenvalue weighted by Crippen LogP contribution is 2.34. The predicted molar refractivity (Wildman–Crippen MR) is 143 cm³/mol. The molecule has 2 heterocycles. The summed E-state index contributed by atoms with van der Waals surface area (Å²) >= 11 is 16.1. The number of hydrogen-bond donors (Lipinski definition) is 1. The van der Waals surface area contributed by atoms with Gasteiger partial charge in [-0.1, -0.05) is 58.2 Å². The lowest BCUT2D eigenvalue weighted by atomic mass is 10.0. The van der Waals surface area contributed by atoms with Crippen molar-refractivity contribution in [3.63, 3.8) is 0 Å². The molecule has 0 aliphatic heterocycles. The van der Waals surface area contributed by atoms with Crippen LogP contribution in [0.15, 0.2) is 65.4 Å². The van der Waals surface area contributed by atoms with Crippen molar-refractivity contribution in [2.45, 2.75) is 26.8 Å². The molecule has 0 saturated heterocycles. The van der Waals surface area contributed by atoms with Gasteiger partial charge in [-0.3, -0.25) is 14.6 Å². The Labute approximate surface area is 226 Å². The fraction of sp³-hybridized carbons (Fsp3) is 0.154.